The molecule has 5 nitrogen and oxygen atoms in total. The van der Waals surface area contributed by atoms with Gasteiger partial charge in [-0.05, 0) is 32.6 Å². The van der Waals surface area contributed by atoms with Crippen molar-refractivity contribution < 1.29 is 14.3 Å². The van der Waals surface area contributed by atoms with Crippen LogP contribution in [0, 0.1) is 5.41 Å². The van der Waals surface area contributed by atoms with Gasteiger partial charge in [-0.3, -0.25) is 4.79 Å². The summed E-state index contributed by atoms with van der Waals surface area (Å²) in [6.45, 7) is 14.3. The molecule has 2 amide bonds. The summed E-state index contributed by atoms with van der Waals surface area (Å²) in [4.78, 5) is 27.9. The molecule has 0 N–H and O–H groups in total. The maximum atomic E-state index is 12.3. The number of rotatable bonds is 1. The molecule has 0 unspecified atom stereocenters. The van der Waals surface area contributed by atoms with E-state index >= 15 is 0 Å². The summed E-state index contributed by atoms with van der Waals surface area (Å²) >= 11 is 0. The summed E-state index contributed by atoms with van der Waals surface area (Å²) in [5.41, 5.74) is -0.487. The Hall–Kier alpha value is -1.26. The van der Waals surface area contributed by atoms with Crippen LogP contribution in [-0.4, -0.2) is 53.6 Å². The molecule has 21 heavy (non-hydrogen) atoms. The smallest absolute Gasteiger partial charge is 0.410 e. The Morgan fingerprint density at radius 2 is 1.43 bits per heavy atom. The lowest BCUT2D eigenvalue weighted by Crippen LogP contribution is -2.40. The number of nitrogens with zero attached hydrogens (tertiary/aromatic N) is 2. The molecule has 0 aromatic carbocycles. The highest BCUT2D eigenvalue weighted by Crippen LogP contribution is 2.20. The first kappa shape index (κ1) is 17.8. The van der Waals surface area contributed by atoms with E-state index in [2.05, 4.69) is 20.8 Å². The van der Waals surface area contributed by atoms with Crippen LogP contribution in [0.3, 0.4) is 0 Å². The van der Waals surface area contributed by atoms with Gasteiger partial charge >= 0.3 is 6.09 Å². The van der Waals surface area contributed by atoms with E-state index in [1.807, 2.05) is 25.7 Å². The van der Waals surface area contributed by atoms with E-state index in [1.54, 1.807) is 4.90 Å². The number of carbonyl (C=O) groups excluding carboxylic acids is 2. The van der Waals surface area contributed by atoms with E-state index in [4.69, 9.17) is 4.74 Å². The normalized spacial score (nSPS) is 17.4. The van der Waals surface area contributed by atoms with E-state index in [0.717, 1.165) is 6.42 Å². The fourth-order valence-electron chi connectivity index (χ4n) is 2.24. The van der Waals surface area contributed by atoms with Gasteiger partial charge in [-0.25, -0.2) is 4.79 Å². The zero-order chi connectivity index (χ0) is 16.3. The maximum Gasteiger partial charge on any atom is 0.410 e. The third kappa shape index (κ3) is 6.82. The van der Waals surface area contributed by atoms with Crippen LogP contribution in [0.2, 0.25) is 0 Å². The molecule has 1 aliphatic heterocycles. The summed E-state index contributed by atoms with van der Waals surface area (Å²) in [5.74, 6) is 0.175. The minimum absolute atomic E-state index is 0.00571. The van der Waals surface area contributed by atoms with Crippen molar-refractivity contribution in [2.24, 2.45) is 5.41 Å². The van der Waals surface area contributed by atoms with Gasteiger partial charge in [0.2, 0.25) is 5.91 Å². The van der Waals surface area contributed by atoms with Gasteiger partial charge in [0.25, 0.3) is 0 Å². The molecule has 0 saturated carbocycles. The number of carbonyl (C=O) groups is 2. The minimum Gasteiger partial charge on any atom is -0.444 e. The van der Waals surface area contributed by atoms with Crippen LogP contribution in [0.5, 0.6) is 0 Å². The Labute approximate surface area is 128 Å². The third-order valence-corrected chi connectivity index (χ3v) is 3.18. The Morgan fingerprint density at radius 1 is 0.905 bits per heavy atom. The highest BCUT2D eigenvalue weighted by Gasteiger charge is 2.27. The van der Waals surface area contributed by atoms with Crippen LogP contribution in [-0.2, 0) is 9.53 Å². The van der Waals surface area contributed by atoms with Crippen molar-refractivity contribution in [3.63, 3.8) is 0 Å². The predicted molar refractivity (Wildman–Crippen MR) is 83.1 cm³/mol. The summed E-state index contributed by atoms with van der Waals surface area (Å²) in [6.07, 6.45) is 1.06. The monoisotopic (exact) mass is 298 g/mol. The molecule has 1 saturated heterocycles. The lowest BCUT2D eigenvalue weighted by Gasteiger charge is -2.27. The highest BCUT2D eigenvalue weighted by molar-refractivity contribution is 5.77. The molecule has 1 fully saturated rings. The Bertz CT molecular complexity index is 344. The van der Waals surface area contributed by atoms with Crippen molar-refractivity contribution in [3.05, 3.63) is 0 Å². The third-order valence-electron chi connectivity index (χ3n) is 3.18. The van der Waals surface area contributed by atoms with Crippen molar-refractivity contribution in [3.8, 4) is 0 Å². The number of hydrogen-bond acceptors (Lipinski definition) is 3. The molecule has 0 spiro atoms. The van der Waals surface area contributed by atoms with E-state index < -0.39 is 5.60 Å². The zero-order valence-corrected chi connectivity index (χ0v) is 14.4. The lowest BCUT2D eigenvalue weighted by atomic mass is 9.91. The molecule has 0 aromatic rings. The quantitative estimate of drug-likeness (QED) is 0.748. The first-order valence-corrected chi connectivity index (χ1v) is 7.74. The molecule has 1 heterocycles. The molecule has 0 bridgehead atoms. The second-order valence-corrected chi connectivity index (χ2v) is 7.94. The summed E-state index contributed by atoms with van der Waals surface area (Å²) in [7, 11) is 0. The molecule has 122 valence electrons. The molecule has 0 aliphatic carbocycles. The number of ether oxygens (including phenoxy) is 1. The minimum atomic E-state index is -0.481. The van der Waals surface area contributed by atoms with Crippen molar-refractivity contribution in [2.45, 2.75) is 60.0 Å². The van der Waals surface area contributed by atoms with Gasteiger partial charge < -0.3 is 14.5 Å². The molecule has 0 atom stereocenters. The van der Waals surface area contributed by atoms with E-state index in [9.17, 15) is 9.59 Å². The van der Waals surface area contributed by atoms with E-state index in [1.165, 1.54) is 0 Å². The summed E-state index contributed by atoms with van der Waals surface area (Å²) in [5, 5.41) is 0. The van der Waals surface area contributed by atoms with Gasteiger partial charge in [0.1, 0.15) is 5.60 Å². The molecule has 0 radical (unpaired) electrons. The van der Waals surface area contributed by atoms with Crippen LogP contribution < -0.4 is 0 Å². The Balaban J connectivity index is 2.54. The Kier molecular flexibility index (Phi) is 5.65. The van der Waals surface area contributed by atoms with Crippen molar-refractivity contribution >= 4 is 12.0 Å². The fourth-order valence-corrected chi connectivity index (χ4v) is 2.24. The molecule has 1 aliphatic rings. The lowest BCUT2D eigenvalue weighted by molar-refractivity contribution is -0.133. The molecule has 0 aromatic heterocycles. The van der Waals surface area contributed by atoms with Gasteiger partial charge in [-0.1, -0.05) is 20.8 Å². The standard InChI is InChI=1S/C16H30N2O3/c1-15(2,3)12-13(19)17-8-7-9-18(11-10-17)14(20)21-16(4,5)6/h7-12H2,1-6H3. The molecular formula is C16H30N2O3. The maximum absolute atomic E-state index is 12.3. The average molecular weight is 298 g/mol. The topological polar surface area (TPSA) is 49.9 Å². The summed E-state index contributed by atoms with van der Waals surface area (Å²) < 4.78 is 5.39. The van der Waals surface area contributed by atoms with Crippen LogP contribution in [0.15, 0.2) is 0 Å². The molecule has 1 rings (SSSR count). The second kappa shape index (κ2) is 6.67. The highest BCUT2D eigenvalue weighted by atomic mass is 16.6. The van der Waals surface area contributed by atoms with Crippen molar-refractivity contribution in [1.82, 2.24) is 9.80 Å². The van der Waals surface area contributed by atoms with Crippen LogP contribution in [0.25, 0.3) is 0 Å². The molecular weight excluding hydrogens is 268 g/mol. The number of amides is 2. The SMILES string of the molecule is CC(C)(C)CC(=O)N1CCCN(C(=O)OC(C)(C)C)CC1. The molecule has 5 heteroatoms. The van der Waals surface area contributed by atoms with Gasteiger partial charge in [0.05, 0.1) is 0 Å². The van der Waals surface area contributed by atoms with Crippen LogP contribution in [0.1, 0.15) is 54.4 Å². The van der Waals surface area contributed by atoms with Gasteiger partial charge in [-0.2, -0.15) is 0 Å². The second-order valence-electron chi connectivity index (χ2n) is 7.94. The van der Waals surface area contributed by atoms with Crippen LogP contribution >= 0.6 is 0 Å². The van der Waals surface area contributed by atoms with Crippen LogP contribution in [0.4, 0.5) is 4.79 Å². The van der Waals surface area contributed by atoms with Gasteiger partial charge in [-0.15, -0.1) is 0 Å². The average Bonchev–Trinajstić information content (AvgIpc) is 2.49. The van der Waals surface area contributed by atoms with E-state index in [0.29, 0.717) is 32.6 Å². The first-order chi connectivity index (χ1) is 9.48. The van der Waals surface area contributed by atoms with Gasteiger partial charge in [0, 0.05) is 32.6 Å². The fraction of sp³-hybridized carbons (Fsp3) is 0.875. The van der Waals surface area contributed by atoms with Gasteiger partial charge in [0.15, 0.2) is 0 Å². The number of hydrogen-bond donors (Lipinski definition) is 0. The van der Waals surface area contributed by atoms with E-state index in [-0.39, 0.29) is 17.4 Å². The first-order valence-electron chi connectivity index (χ1n) is 7.74. The predicted octanol–water partition coefficient (Wildman–Crippen LogP) is 2.89. The zero-order valence-electron chi connectivity index (χ0n) is 14.4. The summed E-state index contributed by atoms with van der Waals surface area (Å²) in [6, 6.07) is 0. The van der Waals surface area contributed by atoms with Crippen molar-refractivity contribution in [1.29, 1.82) is 0 Å². The largest absolute Gasteiger partial charge is 0.444 e. The van der Waals surface area contributed by atoms with Crippen molar-refractivity contribution in [2.75, 3.05) is 26.2 Å². The Morgan fingerprint density at radius 3 is 1.95 bits per heavy atom.